The summed E-state index contributed by atoms with van der Waals surface area (Å²) in [5.41, 5.74) is 1.34. The molecule has 1 aromatic rings. The van der Waals surface area contributed by atoms with Crippen LogP contribution >= 0.6 is 0 Å². The molecule has 1 atom stereocenters. The van der Waals surface area contributed by atoms with Crippen LogP contribution in [0.15, 0.2) is 30.3 Å². The van der Waals surface area contributed by atoms with E-state index < -0.39 is 0 Å². The van der Waals surface area contributed by atoms with Crippen molar-refractivity contribution in [1.82, 2.24) is 10.6 Å². The van der Waals surface area contributed by atoms with Gasteiger partial charge in [0.05, 0.1) is 0 Å². The van der Waals surface area contributed by atoms with Gasteiger partial charge < -0.3 is 15.4 Å². The SMILES string of the molecule is COCCCNCCNC(C)c1ccccc1. The molecule has 17 heavy (non-hydrogen) atoms. The molecule has 0 aliphatic carbocycles. The molecule has 3 heteroatoms. The molecule has 0 spiro atoms. The molecule has 96 valence electrons. The summed E-state index contributed by atoms with van der Waals surface area (Å²) in [5.74, 6) is 0. The van der Waals surface area contributed by atoms with Crippen molar-refractivity contribution >= 4 is 0 Å². The maximum atomic E-state index is 4.99. The molecular formula is C14H24N2O. The topological polar surface area (TPSA) is 33.3 Å². The van der Waals surface area contributed by atoms with Gasteiger partial charge in [-0.1, -0.05) is 30.3 Å². The minimum Gasteiger partial charge on any atom is -0.385 e. The minimum absolute atomic E-state index is 0.414. The summed E-state index contributed by atoms with van der Waals surface area (Å²) in [6.45, 7) is 6.04. The Morgan fingerprint density at radius 1 is 1.12 bits per heavy atom. The maximum Gasteiger partial charge on any atom is 0.0474 e. The lowest BCUT2D eigenvalue weighted by Crippen LogP contribution is -2.30. The Morgan fingerprint density at radius 3 is 2.59 bits per heavy atom. The molecule has 0 radical (unpaired) electrons. The van der Waals surface area contributed by atoms with Gasteiger partial charge in [0.25, 0.3) is 0 Å². The highest BCUT2D eigenvalue weighted by molar-refractivity contribution is 5.17. The first kappa shape index (κ1) is 14.2. The Balaban J connectivity index is 2.03. The second-order valence-corrected chi connectivity index (χ2v) is 4.18. The predicted molar refractivity (Wildman–Crippen MR) is 72.2 cm³/mol. The molecular weight excluding hydrogens is 212 g/mol. The number of methoxy groups -OCH3 is 1. The molecule has 1 unspecified atom stereocenters. The molecule has 1 aromatic carbocycles. The van der Waals surface area contributed by atoms with E-state index in [0.717, 1.165) is 32.7 Å². The fraction of sp³-hybridized carbons (Fsp3) is 0.571. The van der Waals surface area contributed by atoms with Crippen LogP contribution < -0.4 is 10.6 Å². The fourth-order valence-corrected chi connectivity index (χ4v) is 1.70. The Labute approximate surface area is 105 Å². The summed E-state index contributed by atoms with van der Waals surface area (Å²) >= 11 is 0. The van der Waals surface area contributed by atoms with Crippen LogP contribution in [0.5, 0.6) is 0 Å². The van der Waals surface area contributed by atoms with Crippen molar-refractivity contribution in [2.75, 3.05) is 33.4 Å². The number of hydrogen-bond acceptors (Lipinski definition) is 3. The van der Waals surface area contributed by atoms with E-state index in [0.29, 0.717) is 6.04 Å². The number of nitrogens with one attached hydrogen (secondary N) is 2. The maximum absolute atomic E-state index is 4.99. The zero-order valence-corrected chi connectivity index (χ0v) is 10.9. The van der Waals surface area contributed by atoms with Gasteiger partial charge in [-0.3, -0.25) is 0 Å². The smallest absolute Gasteiger partial charge is 0.0474 e. The summed E-state index contributed by atoms with van der Waals surface area (Å²) in [5, 5.41) is 6.88. The largest absolute Gasteiger partial charge is 0.385 e. The van der Waals surface area contributed by atoms with Gasteiger partial charge in [-0.05, 0) is 25.5 Å². The zero-order valence-electron chi connectivity index (χ0n) is 10.9. The Morgan fingerprint density at radius 2 is 1.88 bits per heavy atom. The molecule has 0 saturated heterocycles. The lowest BCUT2D eigenvalue weighted by molar-refractivity contribution is 0.194. The summed E-state index contributed by atoms with van der Waals surface area (Å²) < 4.78 is 4.99. The van der Waals surface area contributed by atoms with E-state index in [9.17, 15) is 0 Å². The standard InChI is InChI=1S/C14H24N2O/c1-13(14-7-4-3-5-8-14)16-11-10-15-9-6-12-17-2/h3-5,7-8,13,15-16H,6,9-12H2,1-2H3. The Kier molecular flexibility index (Phi) is 7.63. The van der Waals surface area contributed by atoms with E-state index in [1.165, 1.54) is 5.56 Å². The van der Waals surface area contributed by atoms with Gasteiger partial charge in [0.2, 0.25) is 0 Å². The van der Waals surface area contributed by atoms with Crippen molar-refractivity contribution in [1.29, 1.82) is 0 Å². The molecule has 0 saturated carbocycles. The third-order valence-corrected chi connectivity index (χ3v) is 2.75. The van der Waals surface area contributed by atoms with Crippen LogP contribution in [0.4, 0.5) is 0 Å². The average molecular weight is 236 g/mol. The van der Waals surface area contributed by atoms with Gasteiger partial charge in [-0.15, -0.1) is 0 Å². The van der Waals surface area contributed by atoms with Gasteiger partial charge in [-0.25, -0.2) is 0 Å². The van der Waals surface area contributed by atoms with Gasteiger partial charge in [0, 0.05) is 32.8 Å². The minimum atomic E-state index is 0.414. The molecule has 0 aromatic heterocycles. The number of hydrogen-bond donors (Lipinski definition) is 2. The lowest BCUT2D eigenvalue weighted by atomic mass is 10.1. The van der Waals surface area contributed by atoms with Crippen LogP contribution in [-0.4, -0.2) is 33.4 Å². The predicted octanol–water partition coefficient (Wildman–Crippen LogP) is 1.96. The normalized spacial score (nSPS) is 12.6. The van der Waals surface area contributed by atoms with E-state index in [-0.39, 0.29) is 0 Å². The van der Waals surface area contributed by atoms with Gasteiger partial charge in [0.1, 0.15) is 0 Å². The van der Waals surface area contributed by atoms with Gasteiger partial charge in [0.15, 0.2) is 0 Å². The average Bonchev–Trinajstić information content (AvgIpc) is 2.38. The first-order valence-electron chi connectivity index (χ1n) is 6.32. The molecule has 0 amide bonds. The molecule has 0 bridgehead atoms. The van der Waals surface area contributed by atoms with Crippen LogP contribution in [0.3, 0.4) is 0 Å². The molecule has 0 aliphatic heterocycles. The molecule has 2 N–H and O–H groups in total. The molecule has 1 rings (SSSR count). The van der Waals surface area contributed by atoms with Crippen molar-refractivity contribution < 1.29 is 4.74 Å². The van der Waals surface area contributed by atoms with Crippen LogP contribution in [0.1, 0.15) is 24.9 Å². The van der Waals surface area contributed by atoms with Crippen molar-refractivity contribution in [3.63, 3.8) is 0 Å². The van der Waals surface area contributed by atoms with Crippen molar-refractivity contribution in [3.8, 4) is 0 Å². The van der Waals surface area contributed by atoms with Gasteiger partial charge in [-0.2, -0.15) is 0 Å². The number of ether oxygens (including phenoxy) is 1. The van der Waals surface area contributed by atoms with E-state index in [1.54, 1.807) is 7.11 Å². The molecule has 3 nitrogen and oxygen atoms in total. The second-order valence-electron chi connectivity index (χ2n) is 4.18. The van der Waals surface area contributed by atoms with Crippen LogP contribution in [0.2, 0.25) is 0 Å². The summed E-state index contributed by atoms with van der Waals surface area (Å²) in [4.78, 5) is 0. The molecule has 0 fully saturated rings. The van der Waals surface area contributed by atoms with Crippen molar-refractivity contribution in [2.45, 2.75) is 19.4 Å². The zero-order chi connectivity index (χ0) is 12.3. The first-order valence-corrected chi connectivity index (χ1v) is 6.32. The number of rotatable bonds is 9. The van der Waals surface area contributed by atoms with Crippen molar-refractivity contribution in [2.24, 2.45) is 0 Å². The van der Waals surface area contributed by atoms with Crippen molar-refractivity contribution in [3.05, 3.63) is 35.9 Å². The van der Waals surface area contributed by atoms with Crippen LogP contribution in [-0.2, 0) is 4.74 Å². The summed E-state index contributed by atoms with van der Waals surface area (Å²) in [7, 11) is 1.74. The fourth-order valence-electron chi connectivity index (χ4n) is 1.70. The highest BCUT2D eigenvalue weighted by atomic mass is 16.5. The van der Waals surface area contributed by atoms with Gasteiger partial charge >= 0.3 is 0 Å². The first-order chi connectivity index (χ1) is 8.34. The third kappa shape index (κ3) is 6.41. The lowest BCUT2D eigenvalue weighted by Gasteiger charge is -2.14. The molecule has 0 aliphatic rings. The second kappa shape index (κ2) is 9.16. The summed E-state index contributed by atoms with van der Waals surface area (Å²) in [6.07, 6.45) is 1.07. The highest BCUT2D eigenvalue weighted by Crippen LogP contribution is 2.09. The van der Waals surface area contributed by atoms with Crippen LogP contribution in [0.25, 0.3) is 0 Å². The summed E-state index contributed by atoms with van der Waals surface area (Å²) in [6, 6.07) is 10.9. The molecule has 0 heterocycles. The quantitative estimate of drug-likeness (QED) is 0.643. The number of benzene rings is 1. The van der Waals surface area contributed by atoms with E-state index in [1.807, 2.05) is 6.07 Å². The third-order valence-electron chi connectivity index (χ3n) is 2.75. The van der Waals surface area contributed by atoms with E-state index >= 15 is 0 Å². The Hall–Kier alpha value is -0.900. The van der Waals surface area contributed by atoms with Crippen LogP contribution in [0, 0.1) is 0 Å². The highest BCUT2D eigenvalue weighted by Gasteiger charge is 2.01. The monoisotopic (exact) mass is 236 g/mol. The van der Waals surface area contributed by atoms with E-state index in [4.69, 9.17) is 4.74 Å². The van der Waals surface area contributed by atoms with E-state index in [2.05, 4.69) is 41.8 Å². The Bertz CT molecular complexity index is 277.